The Balaban J connectivity index is 1.68. The summed E-state index contributed by atoms with van der Waals surface area (Å²) in [6, 6.07) is 16.8. The van der Waals surface area contributed by atoms with Crippen molar-refractivity contribution in [1.29, 1.82) is 0 Å². The zero-order valence-electron chi connectivity index (χ0n) is 16.1. The van der Waals surface area contributed by atoms with Crippen molar-refractivity contribution in [1.82, 2.24) is 9.88 Å². The summed E-state index contributed by atoms with van der Waals surface area (Å²) >= 11 is 0. The SMILES string of the molecule is Cc1cccc2cc3c(nc12)C[C@]1(c2cccc(O)c2)CCN(C)C[C@@H]1C3. The minimum absolute atomic E-state index is 0.0710. The van der Waals surface area contributed by atoms with E-state index in [1.54, 1.807) is 6.07 Å². The van der Waals surface area contributed by atoms with Crippen LogP contribution >= 0.6 is 0 Å². The van der Waals surface area contributed by atoms with Gasteiger partial charge in [-0.1, -0.05) is 30.3 Å². The molecule has 27 heavy (non-hydrogen) atoms. The van der Waals surface area contributed by atoms with Gasteiger partial charge in [-0.25, -0.2) is 0 Å². The topological polar surface area (TPSA) is 36.4 Å². The number of likely N-dealkylation sites (tertiary alicyclic amines) is 1. The molecule has 2 aliphatic rings. The number of fused-ring (bicyclic) bond motifs is 3. The van der Waals surface area contributed by atoms with Gasteiger partial charge in [-0.3, -0.25) is 4.98 Å². The molecule has 0 unspecified atom stereocenters. The molecule has 138 valence electrons. The normalized spacial score (nSPS) is 25.2. The summed E-state index contributed by atoms with van der Waals surface area (Å²) in [6.07, 6.45) is 3.14. The largest absolute Gasteiger partial charge is 0.508 e. The zero-order chi connectivity index (χ0) is 18.6. The highest BCUT2D eigenvalue weighted by Crippen LogP contribution is 2.48. The summed E-state index contributed by atoms with van der Waals surface area (Å²) in [5.74, 6) is 0.919. The van der Waals surface area contributed by atoms with Crippen LogP contribution in [0.2, 0.25) is 0 Å². The van der Waals surface area contributed by atoms with Crippen molar-refractivity contribution < 1.29 is 5.11 Å². The van der Waals surface area contributed by atoms with Crippen molar-refractivity contribution in [3.8, 4) is 5.75 Å². The standard InChI is InChI=1S/C24H26N2O/c1-16-5-3-6-17-11-18-12-20-15-26(2)10-9-24(20,14-22(18)25-23(16)17)19-7-4-8-21(27)13-19/h3-8,11,13,20,27H,9-10,12,14-15H2,1-2H3/t20-,24-/m0/s1. The maximum Gasteiger partial charge on any atom is 0.115 e. The highest BCUT2D eigenvalue weighted by atomic mass is 16.3. The van der Waals surface area contributed by atoms with E-state index in [9.17, 15) is 5.11 Å². The Morgan fingerprint density at radius 1 is 1.15 bits per heavy atom. The van der Waals surface area contributed by atoms with E-state index in [4.69, 9.17) is 4.98 Å². The number of piperidine rings is 1. The van der Waals surface area contributed by atoms with Crippen LogP contribution in [0, 0.1) is 12.8 Å². The molecule has 2 heterocycles. The fraction of sp³-hybridized carbons (Fsp3) is 0.375. The monoisotopic (exact) mass is 358 g/mol. The molecule has 5 rings (SSSR count). The molecule has 0 spiro atoms. The van der Waals surface area contributed by atoms with Gasteiger partial charge in [0.1, 0.15) is 5.75 Å². The lowest BCUT2D eigenvalue weighted by molar-refractivity contribution is 0.0987. The van der Waals surface area contributed by atoms with Gasteiger partial charge in [0.25, 0.3) is 0 Å². The number of aromatic hydroxyl groups is 1. The van der Waals surface area contributed by atoms with Crippen LogP contribution < -0.4 is 0 Å². The van der Waals surface area contributed by atoms with E-state index in [-0.39, 0.29) is 5.41 Å². The number of nitrogens with zero attached hydrogens (tertiary/aromatic N) is 2. The highest BCUT2D eigenvalue weighted by molar-refractivity contribution is 5.82. The molecule has 2 atom stereocenters. The van der Waals surface area contributed by atoms with Gasteiger partial charge < -0.3 is 10.0 Å². The fourth-order valence-electron chi connectivity index (χ4n) is 5.35. The number of phenols is 1. The molecule has 0 amide bonds. The summed E-state index contributed by atoms with van der Waals surface area (Å²) in [6.45, 7) is 4.34. The van der Waals surface area contributed by atoms with Crippen molar-refractivity contribution in [2.45, 2.75) is 31.6 Å². The average molecular weight is 358 g/mol. The Bertz CT molecular complexity index is 1030. The number of pyridine rings is 1. The third-order valence-electron chi connectivity index (χ3n) is 6.84. The number of benzene rings is 2. The van der Waals surface area contributed by atoms with Crippen molar-refractivity contribution >= 4 is 10.9 Å². The van der Waals surface area contributed by atoms with Gasteiger partial charge in [0.15, 0.2) is 0 Å². The first-order valence-electron chi connectivity index (χ1n) is 9.91. The second-order valence-electron chi connectivity index (χ2n) is 8.54. The predicted octanol–water partition coefficient (Wildman–Crippen LogP) is 4.24. The van der Waals surface area contributed by atoms with Gasteiger partial charge in [0, 0.05) is 29.5 Å². The molecule has 1 fully saturated rings. The maximum atomic E-state index is 10.1. The molecule has 1 saturated heterocycles. The van der Waals surface area contributed by atoms with Gasteiger partial charge in [-0.05, 0) is 74.2 Å². The van der Waals surface area contributed by atoms with Crippen molar-refractivity contribution in [3.05, 3.63) is 70.9 Å². The molecule has 1 aromatic heterocycles. The fourth-order valence-corrected chi connectivity index (χ4v) is 5.35. The lowest BCUT2D eigenvalue weighted by Crippen LogP contribution is -2.53. The van der Waals surface area contributed by atoms with Gasteiger partial charge in [-0.15, -0.1) is 0 Å². The van der Waals surface area contributed by atoms with Crippen LogP contribution in [0.1, 0.15) is 28.8 Å². The minimum atomic E-state index is 0.0710. The number of hydrogen-bond donors (Lipinski definition) is 1. The molecule has 2 aromatic carbocycles. The molecule has 0 saturated carbocycles. The first-order valence-corrected chi connectivity index (χ1v) is 9.91. The molecular weight excluding hydrogens is 332 g/mol. The summed E-state index contributed by atoms with van der Waals surface area (Å²) < 4.78 is 0. The first kappa shape index (κ1) is 16.8. The number of hydrogen-bond acceptors (Lipinski definition) is 3. The molecule has 1 N–H and O–H groups in total. The van der Waals surface area contributed by atoms with Crippen LogP contribution in [-0.4, -0.2) is 35.1 Å². The summed E-state index contributed by atoms with van der Waals surface area (Å²) in [7, 11) is 2.23. The molecule has 1 aliphatic carbocycles. The van der Waals surface area contributed by atoms with E-state index in [0.29, 0.717) is 11.7 Å². The van der Waals surface area contributed by atoms with E-state index in [1.807, 2.05) is 12.1 Å². The molecular formula is C24H26N2O. The molecule has 3 aromatic rings. The third-order valence-corrected chi connectivity index (χ3v) is 6.84. The second kappa shape index (κ2) is 6.07. The van der Waals surface area contributed by atoms with Crippen molar-refractivity contribution in [3.63, 3.8) is 0 Å². The zero-order valence-corrected chi connectivity index (χ0v) is 16.1. The molecule has 0 bridgehead atoms. The molecule has 0 radical (unpaired) electrons. The summed E-state index contributed by atoms with van der Waals surface area (Å²) in [5, 5.41) is 11.4. The lowest BCUT2D eigenvalue weighted by Gasteiger charge is -2.50. The van der Waals surface area contributed by atoms with E-state index in [0.717, 1.165) is 37.9 Å². The lowest BCUT2D eigenvalue weighted by atomic mass is 9.58. The Hall–Kier alpha value is -2.39. The number of rotatable bonds is 1. The van der Waals surface area contributed by atoms with Crippen LogP contribution in [0.15, 0.2) is 48.5 Å². The Morgan fingerprint density at radius 2 is 2.00 bits per heavy atom. The van der Waals surface area contributed by atoms with E-state index < -0.39 is 0 Å². The number of aromatic nitrogens is 1. The average Bonchev–Trinajstić information content (AvgIpc) is 2.65. The summed E-state index contributed by atoms with van der Waals surface area (Å²) in [5.41, 5.74) is 6.38. The maximum absolute atomic E-state index is 10.1. The predicted molar refractivity (Wildman–Crippen MR) is 109 cm³/mol. The highest BCUT2D eigenvalue weighted by Gasteiger charge is 2.47. The first-order chi connectivity index (χ1) is 13.0. The second-order valence-corrected chi connectivity index (χ2v) is 8.54. The third kappa shape index (κ3) is 2.64. The van der Waals surface area contributed by atoms with Crippen LogP contribution in [0.3, 0.4) is 0 Å². The Kier molecular flexibility index (Phi) is 3.76. The van der Waals surface area contributed by atoms with Crippen LogP contribution in [-0.2, 0) is 18.3 Å². The van der Waals surface area contributed by atoms with Crippen molar-refractivity contribution in [2.24, 2.45) is 5.92 Å². The smallest absolute Gasteiger partial charge is 0.115 e. The Labute approximate surface area is 160 Å². The molecule has 1 aliphatic heterocycles. The quantitative estimate of drug-likeness (QED) is 0.707. The minimum Gasteiger partial charge on any atom is -0.508 e. The van der Waals surface area contributed by atoms with E-state index in [2.05, 4.69) is 49.2 Å². The Morgan fingerprint density at radius 3 is 2.85 bits per heavy atom. The molecule has 3 nitrogen and oxygen atoms in total. The van der Waals surface area contributed by atoms with Gasteiger partial charge in [0.2, 0.25) is 0 Å². The van der Waals surface area contributed by atoms with Crippen LogP contribution in [0.25, 0.3) is 10.9 Å². The van der Waals surface area contributed by atoms with Gasteiger partial charge >= 0.3 is 0 Å². The van der Waals surface area contributed by atoms with Crippen molar-refractivity contribution in [2.75, 3.05) is 20.1 Å². The van der Waals surface area contributed by atoms with Gasteiger partial charge in [-0.2, -0.15) is 0 Å². The van der Waals surface area contributed by atoms with Crippen LogP contribution in [0.4, 0.5) is 0 Å². The van der Waals surface area contributed by atoms with Gasteiger partial charge in [0.05, 0.1) is 5.52 Å². The van der Waals surface area contributed by atoms with Crippen LogP contribution in [0.5, 0.6) is 5.75 Å². The number of phenolic OH excluding ortho intramolecular Hbond substituents is 1. The summed E-state index contributed by atoms with van der Waals surface area (Å²) in [4.78, 5) is 7.60. The van der Waals surface area contributed by atoms with E-state index >= 15 is 0 Å². The molecule has 3 heteroatoms. The number of aryl methyl sites for hydroxylation is 1. The van der Waals surface area contributed by atoms with E-state index in [1.165, 1.54) is 27.8 Å². The number of para-hydroxylation sites is 1.